The van der Waals surface area contributed by atoms with Crippen LogP contribution in [0.3, 0.4) is 0 Å². The van der Waals surface area contributed by atoms with Crippen molar-refractivity contribution in [1.82, 2.24) is 10.2 Å². The summed E-state index contributed by atoms with van der Waals surface area (Å²) in [5, 5.41) is 4.73. The van der Waals surface area contributed by atoms with Crippen LogP contribution in [0.4, 0.5) is 33.7 Å². The van der Waals surface area contributed by atoms with E-state index in [0.29, 0.717) is 26.2 Å². The first-order valence-corrected chi connectivity index (χ1v) is 9.39. The first-order chi connectivity index (χ1) is 14.7. The van der Waals surface area contributed by atoms with Gasteiger partial charge in [-0.1, -0.05) is 12.1 Å². The minimum absolute atomic E-state index is 0.160. The summed E-state index contributed by atoms with van der Waals surface area (Å²) in [5.41, 5.74) is 0.688. The number of anilines is 2. The topological polar surface area (TPSA) is 73.9 Å². The summed E-state index contributed by atoms with van der Waals surface area (Å²) < 4.78 is 54.3. The second-order valence-corrected chi connectivity index (χ2v) is 6.70. The molecule has 0 unspecified atom stereocenters. The van der Waals surface area contributed by atoms with Crippen LogP contribution < -0.4 is 20.3 Å². The maximum atomic E-state index is 13.0. The van der Waals surface area contributed by atoms with Gasteiger partial charge in [-0.15, -0.1) is 13.2 Å². The lowest BCUT2D eigenvalue weighted by molar-refractivity contribution is -0.274. The molecule has 0 saturated carbocycles. The molecule has 7 nitrogen and oxygen atoms in total. The van der Waals surface area contributed by atoms with Crippen molar-refractivity contribution >= 4 is 23.3 Å². The molecule has 2 aromatic rings. The number of rotatable bonds is 5. The van der Waals surface area contributed by atoms with E-state index < -0.39 is 30.6 Å². The number of ether oxygens (including phenoxy) is 1. The van der Waals surface area contributed by atoms with Crippen LogP contribution in [0.1, 0.15) is 0 Å². The number of piperazine rings is 1. The average molecular weight is 440 g/mol. The van der Waals surface area contributed by atoms with Crippen molar-refractivity contribution < 1.29 is 31.9 Å². The van der Waals surface area contributed by atoms with E-state index in [4.69, 9.17) is 0 Å². The predicted octanol–water partition coefficient (Wildman–Crippen LogP) is 3.19. The first-order valence-electron chi connectivity index (χ1n) is 9.39. The van der Waals surface area contributed by atoms with Gasteiger partial charge in [0.15, 0.2) is 5.75 Å². The molecular formula is C20H20F4N4O3. The second-order valence-electron chi connectivity index (χ2n) is 6.70. The number of alkyl halides is 3. The molecule has 1 aliphatic rings. The van der Waals surface area contributed by atoms with Crippen molar-refractivity contribution in [1.29, 1.82) is 0 Å². The van der Waals surface area contributed by atoms with Gasteiger partial charge in [-0.25, -0.2) is 9.18 Å². The van der Waals surface area contributed by atoms with Gasteiger partial charge in [0, 0.05) is 31.9 Å². The number of para-hydroxylation sites is 2. The molecule has 0 radical (unpaired) electrons. The van der Waals surface area contributed by atoms with E-state index in [1.165, 1.54) is 35.2 Å². The highest BCUT2D eigenvalue weighted by Crippen LogP contribution is 2.29. The van der Waals surface area contributed by atoms with E-state index in [9.17, 15) is 27.2 Å². The van der Waals surface area contributed by atoms with Crippen LogP contribution in [-0.2, 0) is 4.79 Å². The lowest BCUT2D eigenvalue weighted by atomic mass is 10.2. The fourth-order valence-electron chi connectivity index (χ4n) is 3.07. The van der Waals surface area contributed by atoms with Gasteiger partial charge in [-0.3, -0.25) is 4.79 Å². The third-order valence-corrected chi connectivity index (χ3v) is 4.55. The zero-order valence-electron chi connectivity index (χ0n) is 16.3. The molecule has 0 atom stereocenters. The summed E-state index contributed by atoms with van der Waals surface area (Å²) >= 11 is 0. The normalized spacial score (nSPS) is 14.2. The molecule has 1 fully saturated rings. The van der Waals surface area contributed by atoms with Gasteiger partial charge in [-0.05, 0) is 36.4 Å². The molecule has 2 aromatic carbocycles. The number of carbonyl (C=O) groups excluding carboxylic acids is 2. The fraction of sp³-hybridized carbons (Fsp3) is 0.300. The Kier molecular flexibility index (Phi) is 6.83. The quantitative estimate of drug-likeness (QED) is 0.701. The van der Waals surface area contributed by atoms with Gasteiger partial charge >= 0.3 is 12.4 Å². The molecule has 0 spiro atoms. The van der Waals surface area contributed by atoms with Crippen molar-refractivity contribution in [3.63, 3.8) is 0 Å². The Morgan fingerprint density at radius 2 is 1.61 bits per heavy atom. The Bertz CT molecular complexity index is 913. The Morgan fingerprint density at radius 1 is 0.968 bits per heavy atom. The molecule has 0 aromatic heterocycles. The highest BCUT2D eigenvalue weighted by atomic mass is 19.4. The fourth-order valence-corrected chi connectivity index (χ4v) is 3.07. The molecule has 2 N–H and O–H groups in total. The highest BCUT2D eigenvalue weighted by Gasteiger charge is 2.32. The largest absolute Gasteiger partial charge is 0.573 e. The number of urea groups is 1. The second kappa shape index (κ2) is 9.54. The molecule has 11 heteroatoms. The number of nitrogens with one attached hydrogen (secondary N) is 2. The van der Waals surface area contributed by atoms with E-state index >= 15 is 0 Å². The molecule has 3 rings (SSSR count). The van der Waals surface area contributed by atoms with E-state index in [0.717, 1.165) is 11.8 Å². The van der Waals surface area contributed by atoms with Crippen molar-refractivity contribution in [2.75, 3.05) is 42.9 Å². The maximum absolute atomic E-state index is 13.0. The Balaban J connectivity index is 1.46. The minimum Gasteiger partial charge on any atom is -0.404 e. The molecule has 1 aliphatic heterocycles. The van der Waals surface area contributed by atoms with Crippen LogP contribution in [0, 0.1) is 5.82 Å². The van der Waals surface area contributed by atoms with E-state index in [2.05, 4.69) is 15.4 Å². The van der Waals surface area contributed by atoms with E-state index in [1.807, 2.05) is 4.90 Å². The maximum Gasteiger partial charge on any atom is 0.573 e. The monoisotopic (exact) mass is 440 g/mol. The average Bonchev–Trinajstić information content (AvgIpc) is 2.73. The molecule has 3 amide bonds. The molecule has 31 heavy (non-hydrogen) atoms. The standard InChI is InChI=1S/C20H20F4N4O3/c21-14-5-7-15(8-6-14)27-9-11-28(12-10-27)19(30)25-13-18(29)26-16-3-1-2-4-17(16)31-20(22,23)24/h1-8H,9-13H2,(H,25,30)(H,26,29). The molecule has 166 valence electrons. The van der Waals surface area contributed by atoms with Gasteiger partial charge in [0.05, 0.1) is 12.2 Å². The van der Waals surface area contributed by atoms with Gasteiger partial charge in [0.1, 0.15) is 5.82 Å². The zero-order chi connectivity index (χ0) is 22.4. The number of amides is 3. The molecule has 0 bridgehead atoms. The van der Waals surface area contributed by atoms with Crippen molar-refractivity contribution in [3.8, 4) is 5.75 Å². The Hall–Kier alpha value is -3.50. The lowest BCUT2D eigenvalue weighted by Crippen LogP contribution is -2.52. The van der Waals surface area contributed by atoms with E-state index in [1.54, 1.807) is 12.1 Å². The van der Waals surface area contributed by atoms with Crippen LogP contribution in [0.2, 0.25) is 0 Å². The summed E-state index contributed by atoms with van der Waals surface area (Å²) in [6.07, 6.45) is -4.90. The zero-order valence-corrected chi connectivity index (χ0v) is 16.3. The first kappa shape index (κ1) is 22.2. The number of halogens is 4. The molecular weight excluding hydrogens is 420 g/mol. The number of benzene rings is 2. The van der Waals surface area contributed by atoms with Crippen LogP contribution in [0.25, 0.3) is 0 Å². The van der Waals surface area contributed by atoms with Gasteiger partial charge in [0.2, 0.25) is 5.91 Å². The SMILES string of the molecule is O=C(CNC(=O)N1CCN(c2ccc(F)cc2)CC1)Nc1ccccc1OC(F)(F)F. The summed E-state index contributed by atoms with van der Waals surface area (Å²) in [4.78, 5) is 27.9. The van der Waals surface area contributed by atoms with Crippen molar-refractivity contribution in [2.24, 2.45) is 0 Å². The smallest absolute Gasteiger partial charge is 0.404 e. The van der Waals surface area contributed by atoms with Crippen molar-refractivity contribution in [3.05, 3.63) is 54.3 Å². The number of hydrogen-bond donors (Lipinski definition) is 2. The highest BCUT2D eigenvalue weighted by molar-refractivity contribution is 5.95. The molecule has 1 heterocycles. The van der Waals surface area contributed by atoms with Crippen LogP contribution in [0.15, 0.2) is 48.5 Å². The number of hydrogen-bond acceptors (Lipinski definition) is 4. The third kappa shape index (κ3) is 6.49. The van der Waals surface area contributed by atoms with Crippen molar-refractivity contribution in [2.45, 2.75) is 6.36 Å². The van der Waals surface area contributed by atoms with Crippen LogP contribution in [0.5, 0.6) is 5.75 Å². The van der Waals surface area contributed by atoms with Gasteiger partial charge in [-0.2, -0.15) is 0 Å². The summed E-state index contributed by atoms with van der Waals surface area (Å²) in [6.45, 7) is 1.44. The van der Waals surface area contributed by atoms with Crippen LogP contribution in [-0.4, -0.2) is 55.9 Å². The van der Waals surface area contributed by atoms with E-state index in [-0.39, 0.29) is 11.5 Å². The summed E-state index contributed by atoms with van der Waals surface area (Å²) in [7, 11) is 0. The Morgan fingerprint density at radius 3 is 2.26 bits per heavy atom. The van der Waals surface area contributed by atoms with Gasteiger partial charge in [0.25, 0.3) is 0 Å². The Labute approximate surface area is 175 Å². The minimum atomic E-state index is -4.90. The molecule has 1 saturated heterocycles. The predicted molar refractivity (Wildman–Crippen MR) is 105 cm³/mol. The summed E-state index contributed by atoms with van der Waals surface area (Å²) in [5.74, 6) is -1.57. The molecule has 0 aliphatic carbocycles. The van der Waals surface area contributed by atoms with Crippen LogP contribution >= 0.6 is 0 Å². The summed E-state index contributed by atoms with van der Waals surface area (Å²) in [6, 6.07) is 10.7. The van der Waals surface area contributed by atoms with Gasteiger partial charge < -0.3 is 25.2 Å². The number of nitrogens with zero attached hydrogens (tertiary/aromatic N) is 2. The number of carbonyl (C=O) groups is 2. The lowest BCUT2D eigenvalue weighted by Gasteiger charge is -2.36. The third-order valence-electron chi connectivity index (χ3n) is 4.55.